The Morgan fingerprint density at radius 1 is 0.273 bits per heavy atom. The lowest BCUT2D eigenvalue weighted by molar-refractivity contribution is -0.135. The van der Waals surface area contributed by atoms with Crippen LogP contribution in [0.2, 0.25) is 0 Å². The average molecular weight is 1400 g/mol. The largest absolute Gasteiger partial charge is 0.355 e. The molecule has 0 aromatic rings. The molecule has 99 heavy (non-hydrogen) atoms. The lowest BCUT2D eigenvalue weighted by Gasteiger charge is -2.31. The average Bonchev–Trinajstić information content (AvgIpc) is 0.864. The highest BCUT2D eigenvalue weighted by Gasteiger charge is 2.35. The van der Waals surface area contributed by atoms with Crippen LogP contribution in [0.4, 0.5) is 0 Å². The molecule has 0 aliphatic heterocycles. The summed E-state index contributed by atoms with van der Waals surface area (Å²) in [6, 6.07) is -3.77. The maximum Gasteiger partial charge on any atom is 0.243 e. The molecule has 18 heteroatoms. The van der Waals surface area contributed by atoms with E-state index in [0.717, 1.165) is 96.7 Å². The zero-order valence-corrected chi connectivity index (χ0v) is 69.3. The zero-order chi connectivity index (χ0) is 76.3. The van der Waals surface area contributed by atoms with Gasteiger partial charge in [-0.3, -0.25) is 33.6 Å². The molecule has 0 heterocycles. The van der Waals surface area contributed by atoms with Crippen molar-refractivity contribution in [3.05, 3.63) is 0 Å². The van der Waals surface area contributed by atoms with Gasteiger partial charge in [0.15, 0.2) is 5.78 Å². The molecule has 7 atom stereocenters. The van der Waals surface area contributed by atoms with Crippen LogP contribution in [-0.4, -0.2) is 143 Å². The predicted octanol–water partition coefficient (Wildman–Crippen LogP) is 14.1. The van der Waals surface area contributed by atoms with Gasteiger partial charge in [0.1, 0.15) is 17.9 Å². The molecule has 0 saturated heterocycles. The molecule has 7 unspecified atom stereocenters. The molecule has 0 fully saturated rings. The molecule has 0 aliphatic rings. The van der Waals surface area contributed by atoms with Gasteiger partial charge in [0.2, 0.25) is 29.5 Å². The molecule has 11 N–H and O–H groups in total. The summed E-state index contributed by atoms with van der Waals surface area (Å²) in [6.07, 6.45) is 18.8. The molecule has 0 spiro atoms. The Morgan fingerprint density at radius 2 is 0.586 bits per heavy atom. The lowest BCUT2D eigenvalue weighted by atomic mass is 9.82. The van der Waals surface area contributed by atoms with Crippen molar-refractivity contribution in [1.82, 2.24) is 58.5 Å². The van der Waals surface area contributed by atoms with E-state index in [1.54, 1.807) is 0 Å². The standard InChI is InChI=1S/C81H161N11O7/c1-73(2,3)52-38-29-31-45-60(90-79(19,20)21)66(93)51-32-28-30-47-62(88-68(95)59(58-74(4,5)6)44-33-41-55-84-76(10,11)12)69(96)82-53-39-34-46-61(67(94)75(7,8)9)87-71(98)63(89-72(99)65(92-81(25,26)27)50-37-43-57-86-78(16,17)18)48-35-40-54-83-70(97)64(91-80(22,23)24)49-36-42-56-85-77(13,14)15/h59-65,84-86,90-92H,28-58H2,1-27H3,(H,82,96)(H,83,97)(H,87,98)(H,88,95)(H,89,99). The molecule has 0 saturated carbocycles. The summed E-state index contributed by atoms with van der Waals surface area (Å²) in [4.78, 5) is 100. The van der Waals surface area contributed by atoms with Crippen molar-refractivity contribution in [2.75, 3.05) is 32.7 Å². The van der Waals surface area contributed by atoms with Crippen molar-refractivity contribution in [2.45, 2.75) is 423 Å². The number of hydrogen-bond donors (Lipinski definition) is 11. The minimum absolute atomic E-state index is 0.000234. The van der Waals surface area contributed by atoms with Gasteiger partial charge >= 0.3 is 0 Å². The Bertz CT molecular complexity index is 2300. The van der Waals surface area contributed by atoms with Crippen molar-refractivity contribution in [3.63, 3.8) is 0 Å². The second-order valence-electron chi connectivity index (χ2n) is 38.9. The van der Waals surface area contributed by atoms with Crippen molar-refractivity contribution in [3.8, 4) is 0 Å². The third-order valence-electron chi connectivity index (χ3n) is 17.3. The quantitative estimate of drug-likeness (QED) is 0.0254. The van der Waals surface area contributed by atoms with Crippen molar-refractivity contribution < 1.29 is 33.6 Å². The van der Waals surface area contributed by atoms with E-state index in [0.29, 0.717) is 102 Å². The first-order valence-corrected chi connectivity index (χ1v) is 39.3. The zero-order valence-electron chi connectivity index (χ0n) is 69.3. The molecule has 582 valence electrons. The summed E-state index contributed by atoms with van der Waals surface area (Å²) >= 11 is 0. The summed E-state index contributed by atoms with van der Waals surface area (Å²) in [7, 11) is 0. The van der Waals surface area contributed by atoms with Gasteiger partial charge in [-0.05, 0) is 264 Å². The molecular weight excluding hydrogens is 1240 g/mol. The highest BCUT2D eigenvalue weighted by molar-refractivity contribution is 5.95. The van der Waals surface area contributed by atoms with Crippen molar-refractivity contribution >= 4 is 41.1 Å². The minimum atomic E-state index is -0.964. The van der Waals surface area contributed by atoms with Gasteiger partial charge in [-0.15, -0.1) is 0 Å². The van der Waals surface area contributed by atoms with E-state index >= 15 is 0 Å². The molecule has 0 rings (SSSR count). The molecule has 0 radical (unpaired) electrons. The smallest absolute Gasteiger partial charge is 0.243 e. The number of hydrogen-bond acceptors (Lipinski definition) is 13. The summed E-state index contributed by atoms with van der Waals surface area (Å²) in [5.74, 6) is -1.35. The normalized spacial score (nSPS) is 15.3. The highest BCUT2D eigenvalue weighted by atomic mass is 16.2. The SMILES string of the molecule is CC(C)(C)CCCCCC(NC(C)(C)C)C(=O)CCCCCC(NC(=O)C(CCCCNC(C)(C)C)CC(C)(C)C)C(=O)NCCCCC(NC(=O)C(CCCCNC(=O)C(CCCCNC(C)(C)C)NC(C)(C)C)NC(=O)C(CCCCNC(C)(C)C)NC(C)(C)C)C(=O)C(C)(C)C. The summed E-state index contributed by atoms with van der Waals surface area (Å²) in [6.45, 7) is 59.9. The third-order valence-corrected chi connectivity index (χ3v) is 17.3. The van der Waals surface area contributed by atoms with Crippen LogP contribution in [0.15, 0.2) is 0 Å². The minimum Gasteiger partial charge on any atom is -0.355 e. The van der Waals surface area contributed by atoms with Crippen LogP contribution in [0.3, 0.4) is 0 Å². The molecular formula is C81H161N11O7. The Hall–Kier alpha value is -3.55. The molecule has 0 aliphatic carbocycles. The van der Waals surface area contributed by atoms with Crippen LogP contribution in [-0.2, 0) is 33.6 Å². The van der Waals surface area contributed by atoms with Gasteiger partial charge in [-0.25, -0.2) is 0 Å². The number of rotatable bonds is 50. The Balaban J connectivity index is 6.74. The van der Waals surface area contributed by atoms with Crippen molar-refractivity contribution in [1.29, 1.82) is 0 Å². The molecule has 18 nitrogen and oxygen atoms in total. The van der Waals surface area contributed by atoms with Crippen LogP contribution in [0, 0.1) is 22.2 Å². The monoisotopic (exact) mass is 1400 g/mol. The number of unbranched alkanes of at least 4 members (excludes halogenated alkanes) is 9. The number of ketones is 2. The van der Waals surface area contributed by atoms with E-state index in [2.05, 4.69) is 204 Å². The van der Waals surface area contributed by atoms with E-state index in [1.807, 2.05) is 41.5 Å². The number of Topliss-reactive ketones (excluding diaryl/α,β-unsaturated/α-hetero) is 2. The van der Waals surface area contributed by atoms with Crippen LogP contribution in [0.25, 0.3) is 0 Å². The second kappa shape index (κ2) is 45.6. The topological polar surface area (TPSA) is 252 Å². The van der Waals surface area contributed by atoms with Gasteiger partial charge in [-0.2, -0.15) is 0 Å². The summed E-state index contributed by atoms with van der Waals surface area (Å²) in [5.41, 5.74) is -1.51. The summed E-state index contributed by atoms with van der Waals surface area (Å²) in [5, 5.41) is 37.0. The Kier molecular flexibility index (Phi) is 44.0. The number of amides is 5. The van der Waals surface area contributed by atoms with E-state index in [-0.39, 0.29) is 92.7 Å². The maximum absolute atomic E-state index is 14.8. The van der Waals surface area contributed by atoms with Crippen LogP contribution in [0.5, 0.6) is 0 Å². The fourth-order valence-electron chi connectivity index (χ4n) is 12.3. The Labute approximate surface area is 608 Å². The van der Waals surface area contributed by atoms with Gasteiger partial charge in [0.05, 0.1) is 24.2 Å². The van der Waals surface area contributed by atoms with Crippen molar-refractivity contribution in [2.24, 2.45) is 22.2 Å². The first-order chi connectivity index (χ1) is 45.2. The van der Waals surface area contributed by atoms with E-state index < -0.39 is 41.0 Å². The van der Waals surface area contributed by atoms with Gasteiger partial charge in [0, 0.05) is 64.1 Å². The summed E-state index contributed by atoms with van der Waals surface area (Å²) < 4.78 is 0. The van der Waals surface area contributed by atoms with Gasteiger partial charge < -0.3 is 58.5 Å². The molecule has 0 bridgehead atoms. The Morgan fingerprint density at radius 3 is 0.990 bits per heavy atom. The molecule has 0 aromatic heterocycles. The van der Waals surface area contributed by atoms with Gasteiger partial charge in [0.25, 0.3) is 0 Å². The van der Waals surface area contributed by atoms with E-state index in [9.17, 15) is 33.6 Å². The highest BCUT2D eigenvalue weighted by Crippen LogP contribution is 2.29. The molecule has 5 amide bonds. The van der Waals surface area contributed by atoms with Crippen LogP contribution < -0.4 is 58.5 Å². The second-order valence-corrected chi connectivity index (χ2v) is 38.9. The fraction of sp³-hybridized carbons (Fsp3) is 0.914. The van der Waals surface area contributed by atoms with Crippen LogP contribution >= 0.6 is 0 Å². The number of carbonyl (C=O) groups excluding carboxylic acids is 7. The lowest BCUT2D eigenvalue weighted by Crippen LogP contribution is -2.57. The van der Waals surface area contributed by atoms with E-state index in [1.165, 1.54) is 0 Å². The third kappa shape index (κ3) is 53.8. The number of nitrogens with one attached hydrogen (secondary N) is 11. The predicted molar refractivity (Wildman–Crippen MR) is 417 cm³/mol. The van der Waals surface area contributed by atoms with E-state index in [4.69, 9.17) is 0 Å². The maximum atomic E-state index is 14.8. The number of carbonyl (C=O) groups is 7. The van der Waals surface area contributed by atoms with Crippen LogP contribution in [0.1, 0.15) is 354 Å². The van der Waals surface area contributed by atoms with Gasteiger partial charge in [-0.1, -0.05) is 114 Å². The first-order valence-electron chi connectivity index (χ1n) is 39.3. The fourth-order valence-corrected chi connectivity index (χ4v) is 12.3. The first kappa shape index (κ1) is 95.5. The molecule has 0 aromatic carbocycles.